The highest BCUT2D eigenvalue weighted by atomic mass is 32.2. The molecule has 2 rings (SSSR count). The molecule has 0 aliphatic carbocycles. The van der Waals surface area contributed by atoms with Crippen molar-refractivity contribution in [3.63, 3.8) is 0 Å². The Labute approximate surface area is 124 Å². The minimum absolute atomic E-state index is 0.0680. The van der Waals surface area contributed by atoms with Crippen molar-refractivity contribution >= 4 is 22.2 Å². The van der Waals surface area contributed by atoms with E-state index in [4.69, 9.17) is 10.5 Å². The van der Waals surface area contributed by atoms with Gasteiger partial charge in [-0.15, -0.1) is 4.40 Å². The van der Waals surface area contributed by atoms with Crippen molar-refractivity contribution in [2.75, 3.05) is 6.54 Å². The SMILES string of the molecule is CCCCN1C(N)=NS(=O)(=O)N=C1Oc1cccc(C)c1. The summed E-state index contributed by atoms with van der Waals surface area (Å²) in [4.78, 5) is 1.47. The van der Waals surface area contributed by atoms with Crippen LogP contribution in [0.4, 0.5) is 0 Å². The number of nitrogens with zero attached hydrogens (tertiary/aromatic N) is 3. The van der Waals surface area contributed by atoms with Crippen LogP contribution >= 0.6 is 0 Å². The van der Waals surface area contributed by atoms with Gasteiger partial charge in [-0.25, -0.2) is 0 Å². The molecule has 0 amide bonds. The molecule has 2 N–H and O–H groups in total. The highest BCUT2D eigenvalue weighted by Crippen LogP contribution is 2.17. The van der Waals surface area contributed by atoms with Crippen molar-refractivity contribution in [1.82, 2.24) is 4.90 Å². The molecule has 0 spiro atoms. The van der Waals surface area contributed by atoms with E-state index in [1.807, 2.05) is 26.0 Å². The zero-order chi connectivity index (χ0) is 15.5. The van der Waals surface area contributed by atoms with Crippen LogP contribution in [0, 0.1) is 6.92 Å². The molecule has 1 aromatic carbocycles. The molecular weight excluding hydrogens is 292 g/mol. The second kappa shape index (κ2) is 6.13. The second-order valence-corrected chi connectivity index (χ2v) is 5.96. The van der Waals surface area contributed by atoms with Gasteiger partial charge in [0, 0.05) is 6.54 Å². The van der Waals surface area contributed by atoms with Crippen LogP contribution in [0.3, 0.4) is 0 Å². The van der Waals surface area contributed by atoms with Gasteiger partial charge in [0.05, 0.1) is 0 Å². The number of amidine groups is 1. The molecule has 1 heterocycles. The van der Waals surface area contributed by atoms with E-state index < -0.39 is 10.2 Å². The lowest BCUT2D eigenvalue weighted by Gasteiger charge is -2.25. The maximum atomic E-state index is 11.6. The Kier molecular flexibility index (Phi) is 4.46. The van der Waals surface area contributed by atoms with Gasteiger partial charge >= 0.3 is 16.2 Å². The van der Waals surface area contributed by atoms with Crippen LogP contribution in [0.2, 0.25) is 0 Å². The van der Waals surface area contributed by atoms with Crippen LogP contribution < -0.4 is 10.5 Å². The summed E-state index contributed by atoms with van der Waals surface area (Å²) in [5, 5.41) is 0. The lowest BCUT2D eigenvalue weighted by molar-refractivity contribution is 0.425. The van der Waals surface area contributed by atoms with Crippen molar-refractivity contribution < 1.29 is 13.2 Å². The summed E-state index contributed by atoms with van der Waals surface area (Å²) in [5.41, 5.74) is 6.70. The zero-order valence-electron chi connectivity index (χ0n) is 12.0. The van der Waals surface area contributed by atoms with Gasteiger partial charge in [0.1, 0.15) is 5.75 Å². The standard InChI is InChI=1S/C13H18N4O3S/c1-3-4-8-17-12(14)15-21(18,19)16-13(17)20-11-7-5-6-10(2)9-11/h5-7,9H,3-4,8H2,1-2H3,(H2,14,15). The fourth-order valence-electron chi connectivity index (χ4n) is 1.82. The molecule has 1 aliphatic heterocycles. The van der Waals surface area contributed by atoms with Gasteiger partial charge in [-0.3, -0.25) is 4.90 Å². The van der Waals surface area contributed by atoms with Crippen molar-refractivity contribution in [2.45, 2.75) is 26.7 Å². The maximum absolute atomic E-state index is 11.6. The van der Waals surface area contributed by atoms with E-state index >= 15 is 0 Å². The highest BCUT2D eigenvalue weighted by molar-refractivity contribution is 7.89. The van der Waals surface area contributed by atoms with Gasteiger partial charge in [-0.05, 0) is 31.0 Å². The van der Waals surface area contributed by atoms with Crippen molar-refractivity contribution in [3.05, 3.63) is 29.8 Å². The minimum Gasteiger partial charge on any atom is -0.425 e. The molecule has 21 heavy (non-hydrogen) atoms. The summed E-state index contributed by atoms with van der Waals surface area (Å²) >= 11 is 0. The van der Waals surface area contributed by atoms with Gasteiger partial charge < -0.3 is 10.5 Å². The minimum atomic E-state index is -3.99. The van der Waals surface area contributed by atoms with Crippen LogP contribution in [0.15, 0.2) is 33.1 Å². The third kappa shape index (κ3) is 3.94. The second-order valence-electron chi connectivity index (χ2n) is 4.69. The lowest BCUT2D eigenvalue weighted by Crippen LogP contribution is -2.47. The van der Waals surface area contributed by atoms with Crippen molar-refractivity contribution in [3.8, 4) is 5.75 Å². The molecule has 114 valence electrons. The Morgan fingerprint density at radius 1 is 1.33 bits per heavy atom. The topological polar surface area (TPSA) is 97.3 Å². The van der Waals surface area contributed by atoms with Crippen LogP contribution in [-0.4, -0.2) is 31.8 Å². The average molecular weight is 310 g/mol. The highest BCUT2D eigenvalue weighted by Gasteiger charge is 2.27. The van der Waals surface area contributed by atoms with Crippen LogP contribution in [0.1, 0.15) is 25.3 Å². The monoisotopic (exact) mass is 310 g/mol. The molecule has 0 saturated carbocycles. The number of aryl methyl sites for hydroxylation is 1. The van der Waals surface area contributed by atoms with Gasteiger partial charge in [0.25, 0.3) is 0 Å². The van der Waals surface area contributed by atoms with Gasteiger partial charge in [0.2, 0.25) is 5.96 Å². The molecule has 8 heteroatoms. The molecule has 0 radical (unpaired) electrons. The summed E-state index contributed by atoms with van der Waals surface area (Å²) in [6.45, 7) is 4.43. The van der Waals surface area contributed by atoms with E-state index in [1.54, 1.807) is 12.1 Å². The molecule has 1 aliphatic rings. The van der Waals surface area contributed by atoms with Gasteiger partial charge in [-0.2, -0.15) is 8.42 Å². The first kappa shape index (κ1) is 15.3. The van der Waals surface area contributed by atoms with Crippen LogP contribution in [-0.2, 0) is 10.2 Å². The third-order valence-corrected chi connectivity index (χ3v) is 3.65. The molecule has 0 saturated heterocycles. The predicted octanol–water partition coefficient (Wildman–Crippen LogP) is 1.41. The fourth-order valence-corrected chi connectivity index (χ4v) is 2.53. The molecule has 0 unspecified atom stereocenters. The normalized spacial score (nSPS) is 17.1. The third-order valence-electron chi connectivity index (χ3n) is 2.84. The first-order chi connectivity index (χ1) is 9.91. The number of guanidine groups is 1. The Morgan fingerprint density at radius 3 is 2.76 bits per heavy atom. The van der Waals surface area contributed by atoms with Gasteiger partial charge in [-0.1, -0.05) is 29.9 Å². The average Bonchev–Trinajstić information content (AvgIpc) is 2.36. The Bertz CT molecular complexity index is 682. The number of unbranched alkanes of at least 4 members (excludes halogenated alkanes) is 1. The summed E-state index contributed by atoms with van der Waals surface area (Å²) in [6, 6.07) is 7.17. The number of benzene rings is 1. The number of ether oxygens (including phenoxy) is 1. The van der Waals surface area contributed by atoms with Crippen LogP contribution in [0.5, 0.6) is 5.75 Å². The summed E-state index contributed by atoms with van der Waals surface area (Å²) < 4.78 is 35.7. The first-order valence-corrected chi connectivity index (χ1v) is 8.03. The maximum Gasteiger partial charge on any atom is 0.370 e. The Morgan fingerprint density at radius 2 is 2.10 bits per heavy atom. The number of rotatable bonds is 4. The molecule has 0 atom stereocenters. The lowest BCUT2D eigenvalue weighted by atomic mass is 10.2. The molecule has 0 fully saturated rings. The summed E-state index contributed by atoms with van der Waals surface area (Å²) in [6.07, 6.45) is 1.74. The van der Waals surface area contributed by atoms with E-state index in [2.05, 4.69) is 8.80 Å². The quantitative estimate of drug-likeness (QED) is 0.906. The van der Waals surface area contributed by atoms with Crippen molar-refractivity contribution in [1.29, 1.82) is 0 Å². The van der Waals surface area contributed by atoms with Gasteiger partial charge in [0.15, 0.2) is 0 Å². The molecule has 1 aromatic rings. The molecule has 0 aromatic heterocycles. The molecule has 0 bridgehead atoms. The fraction of sp³-hybridized carbons (Fsp3) is 0.385. The number of hydrogen-bond acceptors (Lipinski definition) is 5. The predicted molar refractivity (Wildman–Crippen MR) is 81.4 cm³/mol. The smallest absolute Gasteiger partial charge is 0.370 e. The van der Waals surface area contributed by atoms with Crippen LogP contribution in [0.25, 0.3) is 0 Å². The van der Waals surface area contributed by atoms with E-state index in [9.17, 15) is 8.42 Å². The van der Waals surface area contributed by atoms with E-state index in [1.165, 1.54) is 4.90 Å². The molecular formula is C13H18N4O3S. The zero-order valence-corrected chi connectivity index (χ0v) is 12.8. The van der Waals surface area contributed by atoms with Crippen molar-refractivity contribution in [2.24, 2.45) is 14.5 Å². The Hall–Kier alpha value is -2.09. The van der Waals surface area contributed by atoms with E-state index in [0.29, 0.717) is 12.3 Å². The molecule has 7 nitrogen and oxygen atoms in total. The number of nitrogens with two attached hydrogens (primary N) is 1. The van der Waals surface area contributed by atoms with E-state index in [-0.39, 0.29) is 12.0 Å². The first-order valence-electron chi connectivity index (χ1n) is 6.63. The largest absolute Gasteiger partial charge is 0.425 e. The summed E-state index contributed by atoms with van der Waals surface area (Å²) in [7, 11) is -3.99. The summed E-state index contributed by atoms with van der Waals surface area (Å²) in [5.74, 6) is 0.376. The Balaban J connectivity index is 2.30. The number of hydrogen-bond donors (Lipinski definition) is 1. The van der Waals surface area contributed by atoms with E-state index in [0.717, 1.165) is 18.4 Å².